The van der Waals surface area contributed by atoms with Crippen LogP contribution >= 0.6 is 22.9 Å². The van der Waals surface area contributed by atoms with Gasteiger partial charge in [-0.15, -0.1) is 11.3 Å². The first kappa shape index (κ1) is 12.4. The molecule has 0 amide bonds. The number of aromatic nitrogens is 1. The molecule has 2 aromatic rings. The smallest absolute Gasteiger partial charge is 0.0957 e. The fourth-order valence-electron chi connectivity index (χ4n) is 2.77. The molecule has 18 heavy (non-hydrogen) atoms. The van der Waals surface area contributed by atoms with E-state index in [9.17, 15) is 0 Å². The Bertz CT molecular complexity index is 558. The molecule has 2 nitrogen and oxygen atoms in total. The molecular formula is C14H17ClN2S. The van der Waals surface area contributed by atoms with E-state index in [0.29, 0.717) is 0 Å². The van der Waals surface area contributed by atoms with E-state index in [1.54, 1.807) is 11.3 Å². The van der Waals surface area contributed by atoms with E-state index in [1.807, 2.05) is 18.2 Å². The molecule has 2 N–H and O–H groups in total. The third-order valence-electron chi connectivity index (χ3n) is 3.76. The second kappa shape index (κ2) is 4.80. The van der Waals surface area contributed by atoms with Crippen LogP contribution in [0.2, 0.25) is 5.02 Å². The molecule has 1 heterocycles. The zero-order valence-electron chi connectivity index (χ0n) is 10.3. The second-order valence-corrected chi connectivity index (χ2v) is 6.79. The van der Waals surface area contributed by atoms with Crippen LogP contribution in [0.4, 0.5) is 0 Å². The van der Waals surface area contributed by atoms with E-state index in [-0.39, 0.29) is 5.54 Å². The summed E-state index contributed by atoms with van der Waals surface area (Å²) in [5.41, 5.74) is 7.44. The van der Waals surface area contributed by atoms with Gasteiger partial charge in [-0.25, -0.2) is 4.98 Å². The summed E-state index contributed by atoms with van der Waals surface area (Å²) >= 11 is 7.88. The fraction of sp³-hybridized carbons (Fsp3) is 0.500. The van der Waals surface area contributed by atoms with Gasteiger partial charge in [0.05, 0.1) is 20.2 Å². The number of thiazole rings is 1. The Morgan fingerprint density at radius 3 is 2.78 bits per heavy atom. The van der Waals surface area contributed by atoms with Crippen molar-refractivity contribution in [3.8, 4) is 0 Å². The van der Waals surface area contributed by atoms with Crippen molar-refractivity contribution >= 4 is 33.2 Å². The zero-order valence-corrected chi connectivity index (χ0v) is 11.9. The van der Waals surface area contributed by atoms with Gasteiger partial charge >= 0.3 is 0 Å². The molecule has 0 saturated heterocycles. The predicted octanol–water partition coefficient (Wildman–Crippen LogP) is 4.15. The zero-order chi connectivity index (χ0) is 12.6. The normalized spacial score (nSPS) is 19.2. The average molecular weight is 281 g/mol. The van der Waals surface area contributed by atoms with Gasteiger partial charge < -0.3 is 5.73 Å². The van der Waals surface area contributed by atoms with Crippen LogP contribution in [0, 0.1) is 0 Å². The number of nitrogens with two attached hydrogens (primary N) is 1. The molecular weight excluding hydrogens is 264 g/mol. The number of hydrogen-bond acceptors (Lipinski definition) is 3. The van der Waals surface area contributed by atoms with Crippen molar-refractivity contribution in [1.82, 2.24) is 4.98 Å². The van der Waals surface area contributed by atoms with E-state index in [4.69, 9.17) is 17.3 Å². The molecule has 0 spiro atoms. The first-order valence-electron chi connectivity index (χ1n) is 6.49. The SMILES string of the molecule is NC1(Cc2nc3cccc(Cl)c3s2)CCCCC1. The minimum Gasteiger partial charge on any atom is -0.325 e. The highest BCUT2D eigenvalue weighted by Crippen LogP contribution is 2.34. The predicted molar refractivity (Wildman–Crippen MR) is 78.3 cm³/mol. The Morgan fingerprint density at radius 2 is 2.06 bits per heavy atom. The van der Waals surface area contributed by atoms with Crippen molar-refractivity contribution in [2.45, 2.75) is 44.1 Å². The van der Waals surface area contributed by atoms with Crippen LogP contribution < -0.4 is 5.73 Å². The molecule has 0 bridgehead atoms. The maximum atomic E-state index is 6.48. The highest BCUT2D eigenvalue weighted by molar-refractivity contribution is 7.19. The second-order valence-electron chi connectivity index (χ2n) is 5.30. The molecule has 0 unspecified atom stereocenters. The molecule has 0 aliphatic heterocycles. The lowest BCUT2D eigenvalue weighted by Gasteiger charge is -2.32. The molecule has 1 aromatic carbocycles. The van der Waals surface area contributed by atoms with Crippen LogP contribution in [0.15, 0.2) is 18.2 Å². The summed E-state index contributed by atoms with van der Waals surface area (Å²) < 4.78 is 1.09. The summed E-state index contributed by atoms with van der Waals surface area (Å²) in [6, 6.07) is 5.89. The van der Waals surface area contributed by atoms with Gasteiger partial charge in [-0.1, -0.05) is 36.9 Å². The van der Waals surface area contributed by atoms with E-state index in [0.717, 1.165) is 39.5 Å². The van der Waals surface area contributed by atoms with E-state index >= 15 is 0 Å². The first-order valence-corrected chi connectivity index (χ1v) is 7.69. The van der Waals surface area contributed by atoms with E-state index in [1.165, 1.54) is 19.3 Å². The third-order valence-corrected chi connectivity index (χ3v) is 5.30. The highest BCUT2D eigenvalue weighted by Gasteiger charge is 2.28. The lowest BCUT2D eigenvalue weighted by molar-refractivity contribution is 0.294. The molecule has 1 aromatic heterocycles. The molecule has 1 fully saturated rings. The van der Waals surface area contributed by atoms with Gasteiger partial charge in [0.2, 0.25) is 0 Å². The maximum absolute atomic E-state index is 6.48. The number of halogens is 1. The largest absolute Gasteiger partial charge is 0.325 e. The van der Waals surface area contributed by atoms with Crippen molar-refractivity contribution in [2.75, 3.05) is 0 Å². The van der Waals surface area contributed by atoms with Gasteiger partial charge in [0, 0.05) is 12.0 Å². The number of rotatable bonds is 2. The summed E-state index contributed by atoms with van der Waals surface area (Å²) in [4.78, 5) is 4.67. The number of benzene rings is 1. The summed E-state index contributed by atoms with van der Waals surface area (Å²) in [5, 5.41) is 1.92. The fourth-order valence-corrected chi connectivity index (χ4v) is 4.18. The van der Waals surface area contributed by atoms with Crippen LogP contribution in [0.3, 0.4) is 0 Å². The van der Waals surface area contributed by atoms with Crippen molar-refractivity contribution in [3.05, 3.63) is 28.2 Å². The van der Waals surface area contributed by atoms with E-state index < -0.39 is 0 Å². The lowest BCUT2D eigenvalue weighted by Crippen LogP contribution is -2.43. The van der Waals surface area contributed by atoms with E-state index in [2.05, 4.69) is 4.98 Å². The number of nitrogens with zero attached hydrogens (tertiary/aromatic N) is 1. The maximum Gasteiger partial charge on any atom is 0.0957 e. The Kier molecular flexibility index (Phi) is 3.31. The Balaban J connectivity index is 1.88. The summed E-state index contributed by atoms with van der Waals surface area (Å²) in [6.07, 6.45) is 6.96. The van der Waals surface area contributed by atoms with Crippen LogP contribution in [0.1, 0.15) is 37.1 Å². The molecule has 96 valence electrons. The van der Waals surface area contributed by atoms with Gasteiger partial charge in [-0.3, -0.25) is 0 Å². The topological polar surface area (TPSA) is 38.9 Å². The lowest BCUT2D eigenvalue weighted by atomic mass is 9.80. The van der Waals surface area contributed by atoms with Crippen LogP contribution in [-0.4, -0.2) is 10.5 Å². The van der Waals surface area contributed by atoms with Crippen LogP contribution in [0.5, 0.6) is 0 Å². The molecule has 0 radical (unpaired) electrons. The molecule has 1 saturated carbocycles. The van der Waals surface area contributed by atoms with Gasteiger partial charge in [0.1, 0.15) is 0 Å². The minimum absolute atomic E-state index is 0.0431. The average Bonchev–Trinajstić information content (AvgIpc) is 2.73. The molecule has 0 atom stereocenters. The molecule has 3 rings (SSSR count). The summed E-state index contributed by atoms with van der Waals surface area (Å²) in [7, 11) is 0. The van der Waals surface area contributed by atoms with Crippen LogP contribution in [0.25, 0.3) is 10.2 Å². The van der Waals surface area contributed by atoms with Gasteiger partial charge in [-0.05, 0) is 25.0 Å². The summed E-state index contributed by atoms with van der Waals surface area (Å²) in [5.74, 6) is 0. The van der Waals surface area contributed by atoms with Crippen molar-refractivity contribution in [3.63, 3.8) is 0 Å². The number of fused-ring (bicyclic) bond motifs is 1. The minimum atomic E-state index is -0.0431. The van der Waals surface area contributed by atoms with Gasteiger partial charge in [0.15, 0.2) is 0 Å². The van der Waals surface area contributed by atoms with Gasteiger partial charge in [0.25, 0.3) is 0 Å². The Labute approximate surface area is 116 Å². The van der Waals surface area contributed by atoms with Crippen molar-refractivity contribution in [2.24, 2.45) is 5.73 Å². The third kappa shape index (κ3) is 2.40. The molecule has 1 aliphatic rings. The van der Waals surface area contributed by atoms with Crippen LogP contribution in [-0.2, 0) is 6.42 Å². The quantitative estimate of drug-likeness (QED) is 0.897. The van der Waals surface area contributed by atoms with Crippen molar-refractivity contribution in [1.29, 1.82) is 0 Å². The first-order chi connectivity index (χ1) is 8.66. The molecule has 4 heteroatoms. The Morgan fingerprint density at radius 1 is 1.28 bits per heavy atom. The summed E-state index contributed by atoms with van der Waals surface area (Å²) in [6.45, 7) is 0. The van der Waals surface area contributed by atoms with Gasteiger partial charge in [-0.2, -0.15) is 0 Å². The number of hydrogen-bond donors (Lipinski definition) is 1. The monoisotopic (exact) mass is 280 g/mol. The molecule has 1 aliphatic carbocycles. The standard InChI is InChI=1S/C14H17ClN2S/c15-10-5-4-6-11-13(10)18-12(17-11)9-14(16)7-2-1-3-8-14/h4-6H,1-3,7-9,16H2. The van der Waals surface area contributed by atoms with Crippen molar-refractivity contribution < 1.29 is 0 Å². The Hall–Kier alpha value is -0.640. The highest BCUT2D eigenvalue weighted by atomic mass is 35.5.